The number of rotatable bonds is 3. The number of ether oxygens (including phenoxy) is 1. The van der Waals surface area contributed by atoms with Crippen LogP contribution in [-0.2, 0) is 0 Å². The van der Waals surface area contributed by atoms with Gasteiger partial charge in [-0.2, -0.15) is 0 Å². The zero-order valence-electron chi connectivity index (χ0n) is 8.04. The van der Waals surface area contributed by atoms with Crippen LogP contribution in [-0.4, -0.2) is 16.3 Å². The summed E-state index contributed by atoms with van der Waals surface area (Å²) in [6.07, 6.45) is -7.95. The van der Waals surface area contributed by atoms with Crippen molar-refractivity contribution in [3.8, 4) is 5.88 Å². The summed E-state index contributed by atoms with van der Waals surface area (Å²) in [5.41, 5.74) is -2.65. The summed E-state index contributed by atoms with van der Waals surface area (Å²) in [6, 6.07) is 0. The van der Waals surface area contributed by atoms with Crippen LogP contribution >= 0.6 is 22.6 Å². The normalized spacial score (nSPS) is 11.7. The van der Waals surface area contributed by atoms with E-state index in [1.54, 1.807) is 0 Å². The van der Waals surface area contributed by atoms with Crippen LogP contribution in [0.25, 0.3) is 0 Å². The summed E-state index contributed by atoms with van der Waals surface area (Å²) >= 11 is 1.30. The molecule has 0 saturated heterocycles. The van der Waals surface area contributed by atoms with Crippen molar-refractivity contribution in [1.29, 1.82) is 0 Å². The first-order valence-corrected chi connectivity index (χ1v) is 5.08. The lowest BCUT2D eigenvalue weighted by Crippen LogP contribution is -2.19. The Labute approximate surface area is 109 Å². The Balaban J connectivity index is 3.44. The summed E-state index contributed by atoms with van der Waals surface area (Å²) in [5.74, 6) is -1.51. The molecule has 1 rings (SSSR count). The number of alkyl halides is 5. The highest BCUT2D eigenvalue weighted by atomic mass is 127. The lowest BCUT2D eigenvalue weighted by atomic mass is 10.2. The Morgan fingerprint density at radius 3 is 2.39 bits per heavy atom. The second-order valence-corrected chi connectivity index (χ2v) is 3.94. The fourth-order valence-electron chi connectivity index (χ4n) is 1.04. The molecule has 1 heterocycles. The highest BCUT2D eigenvalue weighted by molar-refractivity contribution is 14.1. The van der Waals surface area contributed by atoms with E-state index >= 15 is 0 Å². The van der Waals surface area contributed by atoms with Gasteiger partial charge in [-0.05, 0) is 22.6 Å². The van der Waals surface area contributed by atoms with Crippen LogP contribution in [0.5, 0.6) is 5.88 Å². The first-order valence-electron chi connectivity index (χ1n) is 4.00. The molecule has 0 amide bonds. The van der Waals surface area contributed by atoms with E-state index in [0.717, 1.165) is 0 Å². The lowest BCUT2D eigenvalue weighted by Gasteiger charge is -2.11. The number of nitro groups is 1. The molecule has 5 nitrogen and oxygen atoms in total. The van der Waals surface area contributed by atoms with Gasteiger partial charge in [0.1, 0.15) is 5.56 Å². The summed E-state index contributed by atoms with van der Waals surface area (Å²) in [4.78, 5) is 12.2. The Kier molecular flexibility index (Phi) is 4.24. The largest absolute Gasteiger partial charge is 0.574 e. The zero-order chi connectivity index (χ0) is 14.1. The van der Waals surface area contributed by atoms with Gasteiger partial charge in [0, 0.05) is 9.77 Å². The predicted octanol–water partition coefficient (Wildman–Crippen LogP) is 3.43. The fraction of sp³-hybridized carbons (Fsp3) is 0.286. The van der Waals surface area contributed by atoms with E-state index in [-0.39, 0.29) is 3.57 Å². The van der Waals surface area contributed by atoms with Gasteiger partial charge in [0.05, 0.1) is 4.92 Å². The lowest BCUT2D eigenvalue weighted by molar-refractivity contribution is -0.390. The zero-order valence-corrected chi connectivity index (χ0v) is 10.2. The van der Waals surface area contributed by atoms with E-state index in [9.17, 15) is 32.1 Å². The molecule has 0 saturated carbocycles. The maximum atomic E-state index is 12.6. The molecule has 0 aromatic carbocycles. The average molecular weight is 384 g/mol. The Morgan fingerprint density at radius 2 is 2.00 bits per heavy atom. The summed E-state index contributed by atoms with van der Waals surface area (Å²) in [7, 11) is 0. The van der Waals surface area contributed by atoms with Crippen molar-refractivity contribution in [2.75, 3.05) is 0 Å². The SMILES string of the molecule is O=[N+]([O-])c1c(OC(F)(F)F)ncc(I)c1C(F)F. The fourth-order valence-corrected chi connectivity index (χ4v) is 1.67. The molecule has 0 aliphatic rings. The Hall–Kier alpha value is -1.27. The minimum absolute atomic E-state index is 0.330. The van der Waals surface area contributed by atoms with Gasteiger partial charge in [0.15, 0.2) is 0 Å². The van der Waals surface area contributed by atoms with Crippen LogP contribution < -0.4 is 4.74 Å². The van der Waals surface area contributed by atoms with Gasteiger partial charge >= 0.3 is 17.9 Å². The number of pyridine rings is 1. The first kappa shape index (κ1) is 14.8. The number of hydrogen-bond acceptors (Lipinski definition) is 4. The molecule has 11 heteroatoms. The Bertz CT molecular complexity index is 479. The van der Waals surface area contributed by atoms with Crippen LogP contribution in [0.3, 0.4) is 0 Å². The van der Waals surface area contributed by atoms with Crippen LogP contribution in [0.1, 0.15) is 12.0 Å². The number of halogens is 6. The van der Waals surface area contributed by atoms with E-state index in [2.05, 4.69) is 9.72 Å². The number of hydrogen-bond donors (Lipinski definition) is 0. The molecule has 18 heavy (non-hydrogen) atoms. The number of nitrogens with zero attached hydrogens (tertiary/aromatic N) is 2. The molecule has 0 spiro atoms. The van der Waals surface area contributed by atoms with E-state index in [1.807, 2.05) is 0 Å². The van der Waals surface area contributed by atoms with Gasteiger partial charge in [0.25, 0.3) is 6.43 Å². The molecule has 1 aromatic heterocycles. The summed E-state index contributed by atoms with van der Waals surface area (Å²) in [5, 5.41) is 10.6. The molecule has 0 aliphatic heterocycles. The van der Waals surface area contributed by atoms with Crippen molar-refractivity contribution in [2.45, 2.75) is 12.8 Å². The predicted molar refractivity (Wildman–Crippen MR) is 55.2 cm³/mol. The van der Waals surface area contributed by atoms with Gasteiger partial charge in [-0.3, -0.25) is 10.1 Å². The minimum atomic E-state index is -5.26. The molecule has 0 unspecified atom stereocenters. The van der Waals surface area contributed by atoms with Gasteiger partial charge < -0.3 is 4.74 Å². The smallest absolute Gasteiger partial charge is 0.381 e. The monoisotopic (exact) mass is 384 g/mol. The molecule has 1 aromatic rings. The van der Waals surface area contributed by atoms with E-state index in [4.69, 9.17) is 0 Å². The highest BCUT2D eigenvalue weighted by Gasteiger charge is 2.38. The second-order valence-electron chi connectivity index (χ2n) is 2.78. The molecular formula is C7H2F5IN2O3. The maximum absolute atomic E-state index is 12.6. The molecule has 0 bridgehead atoms. The van der Waals surface area contributed by atoms with Crippen LogP contribution in [0.4, 0.5) is 27.6 Å². The van der Waals surface area contributed by atoms with Crippen molar-refractivity contribution in [3.05, 3.63) is 25.4 Å². The third-order valence-corrected chi connectivity index (χ3v) is 2.48. The van der Waals surface area contributed by atoms with Crippen LogP contribution in [0.15, 0.2) is 6.20 Å². The van der Waals surface area contributed by atoms with Crippen molar-refractivity contribution < 1.29 is 31.6 Å². The minimum Gasteiger partial charge on any atom is -0.381 e. The highest BCUT2D eigenvalue weighted by Crippen LogP contribution is 2.39. The molecule has 0 radical (unpaired) electrons. The van der Waals surface area contributed by atoms with Crippen molar-refractivity contribution in [3.63, 3.8) is 0 Å². The van der Waals surface area contributed by atoms with Gasteiger partial charge in [-0.1, -0.05) is 0 Å². The van der Waals surface area contributed by atoms with E-state index in [1.165, 1.54) is 22.6 Å². The van der Waals surface area contributed by atoms with E-state index in [0.29, 0.717) is 6.20 Å². The quantitative estimate of drug-likeness (QED) is 0.347. The van der Waals surface area contributed by atoms with Gasteiger partial charge in [-0.25, -0.2) is 13.8 Å². The topological polar surface area (TPSA) is 65.3 Å². The average Bonchev–Trinajstić information content (AvgIpc) is 2.17. The molecule has 0 aliphatic carbocycles. The Morgan fingerprint density at radius 1 is 1.44 bits per heavy atom. The van der Waals surface area contributed by atoms with Crippen LogP contribution in [0.2, 0.25) is 0 Å². The first-order chi connectivity index (χ1) is 8.13. The van der Waals surface area contributed by atoms with Crippen molar-refractivity contribution >= 4 is 28.3 Å². The molecule has 0 N–H and O–H groups in total. The number of aromatic nitrogens is 1. The van der Waals surface area contributed by atoms with Gasteiger partial charge in [0.2, 0.25) is 0 Å². The molecule has 0 atom stereocenters. The summed E-state index contributed by atoms with van der Waals surface area (Å²) < 4.78 is 63.9. The third-order valence-electron chi connectivity index (χ3n) is 1.62. The molecule has 0 fully saturated rings. The van der Waals surface area contributed by atoms with Crippen LogP contribution in [0, 0.1) is 13.7 Å². The standard InChI is InChI=1S/C7H2F5IN2O3/c8-5(9)3-2(13)1-14-6(4(3)15(16)17)18-7(10,11)12/h1,5H. The second kappa shape index (κ2) is 5.16. The maximum Gasteiger partial charge on any atom is 0.574 e. The summed E-state index contributed by atoms with van der Waals surface area (Å²) in [6.45, 7) is 0. The molecule has 100 valence electrons. The van der Waals surface area contributed by atoms with E-state index < -0.39 is 34.8 Å². The van der Waals surface area contributed by atoms with Crippen molar-refractivity contribution in [2.24, 2.45) is 0 Å². The van der Waals surface area contributed by atoms with Gasteiger partial charge in [-0.15, -0.1) is 13.2 Å². The van der Waals surface area contributed by atoms with Crippen molar-refractivity contribution in [1.82, 2.24) is 4.98 Å². The third kappa shape index (κ3) is 3.36. The molecular weight excluding hydrogens is 382 g/mol.